The number of rotatable bonds is 4. The summed E-state index contributed by atoms with van der Waals surface area (Å²) in [5.41, 5.74) is 1.97. The number of hydrogen-bond donors (Lipinski definition) is 0. The SMILES string of the molecule is O=[N+]([O-])C[C@@H](c1ccccc1)n1ccc2ccccc21. The minimum absolute atomic E-state index is 0.122. The summed E-state index contributed by atoms with van der Waals surface area (Å²) >= 11 is 0. The molecule has 4 nitrogen and oxygen atoms in total. The summed E-state index contributed by atoms with van der Waals surface area (Å²) < 4.78 is 1.98. The number of nitrogens with zero attached hydrogens (tertiary/aromatic N) is 2. The van der Waals surface area contributed by atoms with E-state index in [0.29, 0.717) is 0 Å². The second-order valence-electron chi connectivity index (χ2n) is 4.72. The lowest BCUT2D eigenvalue weighted by Crippen LogP contribution is -2.19. The maximum absolute atomic E-state index is 11.0. The van der Waals surface area contributed by atoms with E-state index in [-0.39, 0.29) is 17.5 Å². The van der Waals surface area contributed by atoms with E-state index in [9.17, 15) is 10.1 Å². The van der Waals surface area contributed by atoms with Crippen molar-refractivity contribution in [3.63, 3.8) is 0 Å². The standard InChI is InChI=1S/C16H14N2O2/c19-18(20)12-16(13-6-2-1-3-7-13)17-11-10-14-8-4-5-9-15(14)17/h1-11,16H,12H2/t16-/m0/s1. The Hall–Kier alpha value is -2.62. The van der Waals surface area contributed by atoms with Crippen LogP contribution in [0.3, 0.4) is 0 Å². The summed E-state index contributed by atoms with van der Waals surface area (Å²) in [7, 11) is 0. The number of benzene rings is 2. The number of hydrogen-bond acceptors (Lipinski definition) is 2. The van der Waals surface area contributed by atoms with Crippen LogP contribution in [0.15, 0.2) is 66.9 Å². The predicted molar refractivity (Wildman–Crippen MR) is 78.4 cm³/mol. The third-order valence-corrected chi connectivity index (χ3v) is 3.47. The zero-order chi connectivity index (χ0) is 13.9. The zero-order valence-electron chi connectivity index (χ0n) is 10.8. The first kappa shape index (κ1) is 12.4. The lowest BCUT2D eigenvalue weighted by Gasteiger charge is -2.16. The van der Waals surface area contributed by atoms with E-state index < -0.39 is 0 Å². The molecule has 0 saturated heterocycles. The van der Waals surface area contributed by atoms with Gasteiger partial charge in [0.05, 0.1) is 0 Å². The molecule has 0 fully saturated rings. The summed E-state index contributed by atoms with van der Waals surface area (Å²) in [6.45, 7) is -0.122. The molecule has 0 bridgehead atoms. The molecule has 0 spiro atoms. The number of para-hydroxylation sites is 1. The lowest BCUT2D eigenvalue weighted by molar-refractivity contribution is -0.484. The van der Waals surface area contributed by atoms with Crippen LogP contribution in [0.4, 0.5) is 0 Å². The van der Waals surface area contributed by atoms with Gasteiger partial charge in [-0.05, 0) is 23.1 Å². The molecule has 2 aromatic carbocycles. The van der Waals surface area contributed by atoms with Crippen LogP contribution in [0.5, 0.6) is 0 Å². The van der Waals surface area contributed by atoms with E-state index in [1.165, 1.54) is 0 Å². The Balaban J connectivity index is 2.12. The fourth-order valence-corrected chi connectivity index (χ4v) is 2.55. The first-order valence-electron chi connectivity index (χ1n) is 6.48. The normalized spacial score (nSPS) is 12.4. The van der Waals surface area contributed by atoms with Crippen molar-refractivity contribution in [2.24, 2.45) is 0 Å². The van der Waals surface area contributed by atoms with Crippen LogP contribution in [0.2, 0.25) is 0 Å². The topological polar surface area (TPSA) is 48.1 Å². The van der Waals surface area contributed by atoms with Crippen LogP contribution in [0, 0.1) is 10.1 Å². The maximum atomic E-state index is 11.0. The predicted octanol–water partition coefficient (Wildman–Crippen LogP) is 3.51. The largest absolute Gasteiger partial charge is 0.333 e. The van der Waals surface area contributed by atoms with Gasteiger partial charge in [0, 0.05) is 16.6 Å². The van der Waals surface area contributed by atoms with E-state index in [1.807, 2.05) is 71.4 Å². The van der Waals surface area contributed by atoms with Gasteiger partial charge in [0.25, 0.3) is 0 Å². The van der Waals surface area contributed by atoms with Gasteiger partial charge in [-0.25, -0.2) is 0 Å². The molecule has 20 heavy (non-hydrogen) atoms. The molecular formula is C16H14N2O2. The average molecular weight is 266 g/mol. The summed E-state index contributed by atoms with van der Waals surface area (Å²) in [6.07, 6.45) is 1.92. The molecule has 0 aliphatic carbocycles. The highest BCUT2D eigenvalue weighted by molar-refractivity contribution is 5.80. The number of fused-ring (bicyclic) bond motifs is 1. The molecule has 3 rings (SSSR count). The molecule has 0 N–H and O–H groups in total. The van der Waals surface area contributed by atoms with Crippen LogP contribution in [-0.2, 0) is 0 Å². The van der Waals surface area contributed by atoms with Gasteiger partial charge in [0.1, 0.15) is 6.04 Å². The van der Waals surface area contributed by atoms with Crippen molar-refractivity contribution in [1.29, 1.82) is 0 Å². The van der Waals surface area contributed by atoms with Gasteiger partial charge in [0.15, 0.2) is 0 Å². The number of aromatic nitrogens is 1. The summed E-state index contributed by atoms with van der Waals surface area (Å²) in [4.78, 5) is 10.7. The number of nitro groups is 1. The molecule has 1 aromatic heterocycles. The Kier molecular flexibility index (Phi) is 3.21. The van der Waals surface area contributed by atoms with Crippen molar-refractivity contribution in [3.8, 4) is 0 Å². The Bertz CT molecular complexity index is 734. The van der Waals surface area contributed by atoms with Gasteiger partial charge in [-0.2, -0.15) is 0 Å². The van der Waals surface area contributed by atoms with Crippen LogP contribution < -0.4 is 0 Å². The van der Waals surface area contributed by atoms with Crippen LogP contribution in [0.25, 0.3) is 10.9 Å². The van der Waals surface area contributed by atoms with Crippen molar-refractivity contribution in [1.82, 2.24) is 4.57 Å². The van der Waals surface area contributed by atoms with Gasteiger partial charge in [-0.15, -0.1) is 0 Å². The molecule has 1 atom stereocenters. The fourth-order valence-electron chi connectivity index (χ4n) is 2.55. The summed E-state index contributed by atoms with van der Waals surface area (Å²) in [6, 6.07) is 19.2. The summed E-state index contributed by atoms with van der Waals surface area (Å²) in [5.74, 6) is 0. The molecule has 0 unspecified atom stereocenters. The van der Waals surface area contributed by atoms with Crippen LogP contribution >= 0.6 is 0 Å². The van der Waals surface area contributed by atoms with E-state index in [0.717, 1.165) is 16.5 Å². The Morgan fingerprint density at radius 2 is 1.70 bits per heavy atom. The van der Waals surface area contributed by atoms with Crippen molar-refractivity contribution < 1.29 is 4.92 Å². The van der Waals surface area contributed by atoms with E-state index in [2.05, 4.69) is 0 Å². The molecule has 0 aliphatic rings. The second-order valence-corrected chi connectivity index (χ2v) is 4.72. The minimum atomic E-state index is -0.286. The Morgan fingerprint density at radius 1 is 1.00 bits per heavy atom. The molecule has 1 heterocycles. The minimum Gasteiger partial charge on any atom is -0.333 e. The van der Waals surface area contributed by atoms with Crippen LogP contribution in [0.1, 0.15) is 11.6 Å². The van der Waals surface area contributed by atoms with Crippen molar-refractivity contribution in [2.45, 2.75) is 6.04 Å². The molecule has 0 amide bonds. The quantitative estimate of drug-likeness (QED) is 0.536. The molecule has 4 heteroatoms. The molecule has 3 aromatic rings. The molecule has 100 valence electrons. The monoisotopic (exact) mass is 266 g/mol. The highest BCUT2D eigenvalue weighted by atomic mass is 16.6. The van der Waals surface area contributed by atoms with Gasteiger partial charge in [-0.3, -0.25) is 10.1 Å². The molecule has 0 saturated carbocycles. The maximum Gasteiger partial charge on any atom is 0.228 e. The van der Waals surface area contributed by atoms with Crippen LogP contribution in [-0.4, -0.2) is 16.0 Å². The first-order chi connectivity index (χ1) is 9.75. The van der Waals surface area contributed by atoms with Crippen molar-refractivity contribution >= 4 is 10.9 Å². The summed E-state index contributed by atoms with van der Waals surface area (Å²) in [5, 5.41) is 12.1. The highest BCUT2D eigenvalue weighted by Crippen LogP contribution is 2.25. The first-order valence-corrected chi connectivity index (χ1v) is 6.48. The van der Waals surface area contributed by atoms with Crippen molar-refractivity contribution in [3.05, 3.63) is 82.5 Å². The van der Waals surface area contributed by atoms with E-state index >= 15 is 0 Å². The van der Waals surface area contributed by atoms with Gasteiger partial charge < -0.3 is 4.57 Å². The molecular weight excluding hydrogens is 252 g/mol. The Morgan fingerprint density at radius 3 is 2.45 bits per heavy atom. The van der Waals surface area contributed by atoms with Gasteiger partial charge in [-0.1, -0.05) is 48.5 Å². The molecule has 0 radical (unpaired) electrons. The van der Waals surface area contributed by atoms with Crippen molar-refractivity contribution in [2.75, 3.05) is 6.54 Å². The highest BCUT2D eigenvalue weighted by Gasteiger charge is 2.20. The lowest BCUT2D eigenvalue weighted by atomic mass is 10.1. The average Bonchev–Trinajstić information content (AvgIpc) is 2.89. The third-order valence-electron chi connectivity index (χ3n) is 3.47. The Labute approximate surface area is 116 Å². The second kappa shape index (κ2) is 5.17. The van der Waals surface area contributed by atoms with Gasteiger partial charge >= 0.3 is 0 Å². The van der Waals surface area contributed by atoms with Gasteiger partial charge in [0.2, 0.25) is 6.54 Å². The smallest absolute Gasteiger partial charge is 0.228 e. The third kappa shape index (κ3) is 2.28. The zero-order valence-corrected chi connectivity index (χ0v) is 10.8. The van der Waals surface area contributed by atoms with E-state index in [4.69, 9.17) is 0 Å². The fraction of sp³-hybridized carbons (Fsp3) is 0.125. The molecule has 0 aliphatic heterocycles. The van der Waals surface area contributed by atoms with E-state index in [1.54, 1.807) is 0 Å².